The molecule has 1 amide bonds. The quantitative estimate of drug-likeness (QED) is 0.885. The highest BCUT2D eigenvalue weighted by molar-refractivity contribution is 5.94. The van der Waals surface area contributed by atoms with Crippen LogP contribution in [0.5, 0.6) is 0 Å². The molecule has 0 heterocycles. The molecule has 0 atom stereocenters. The highest BCUT2D eigenvalue weighted by Gasteiger charge is 2.51. The van der Waals surface area contributed by atoms with Crippen molar-refractivity contribution in [2.45, 2.75) is 44.9 Å². The Balaban J connectivity index is 1.44. The third kappa shape index (κ3) is 2.87. The van der Waals surface area contributed by atoms with Crippen LogP contribution in [0, 0.1) is 23.2 Å². The number of carboxylic acid groups (broad SMARTS) is 1. The number of carbonyl (C=O) groups excluding carboxylic acids is 1. The predicted molar refractivity (Wildman–Crippen MR) is 87.3 cm³/mol. The Morgan fingerprint density at radius 1 is 1.09 bits per heavy atom. The number of hydrogen-bond acceptors (Lipinski definition) is 2. The standard InChI is InChI=1S/C19H23NO3/c21-17(20-16-3-1-2-15(7-16)18(22)23)11-19-8-12-4-13(9-19)6-14(5-12)10-19/h1-3,7,12-14H,4-6,8-11H2,(H,20,21)(H,22,23). The van der Waals surface area contributed by atoms with Crippen LogP contribution in [0.1, 0.15) is 55.3 Å². The van der Waals surface area contributed by atoms with E-state index in [0.29, 0.717) is 12.1 Å². The molecule has 1 aromatic carbocycles. The fraction of sp³-hybridized carbons (Fsp3) is 0.579. The van der Waals surface area contributed by atoms with Crippen LogP contribution in [-0.4, -0.2) is 17.0 Å². The van der Waals surface area contributed by atoms with Gasteiger partial charge in [0.2, 0.25) is 5.91 Å². The SMILES string of the molecule is O=C(CC12CC3CC(CC(C3)C1)C2)Nc1cccc(C(=O)O)c1. The van der Waals surface area contributed by atoms with Crippen LogP contribution in [0.4, 0.5) is 5.69 Å². The summed E-state index contributed by atoms with van der Waals surface area (Å²) < 4.78 is 0. The minimum atomic E-state index is -0.970. The van der Waals surface area contributed by atoms with Gasteiger partial charge in [-0.15, -0.1) is 0 Å². The topological polar surface area (TPSA) is 66.4 Å². The van der Waals surface area contributed by atoms with Gasteiger partial charge < -0.3 is 10.4 Å². The van der Waals surface area contributed by atoms with Gasteiger partial charge in [-0.25, -0.2) is 4.79 Å². The van der Waals surface area contributed by atoms with Crippen molar-refractivity contribution < 1.29 is 14.7 Å². The number of carbonyl (C=O) groups is 2. The Morgan fingerprint density at radius 3 is 2.26 bits per heavy atom. The van der Waals surface area contributed by atoms with E-state index in [0.717, 1.165) is 17.8 Å². The number of anilines is 1. The van der Waals surface area contributed by atoms with E-state index in [4.69, 9.17) is 5.11 Å². The summed E-state index contributed by atoms with van der Waals surface area (Å²) in [7, 11) is 0. The summed E-state index contributed by atoms with van der Waals surface area (Å²) in [6.07, 6.45) is 8.35. The molecule has 4 aliphatic rings. The first-order valence-corrected chi connectivity index (χ1v) is 8.65. The summed E-state index contributed by atoms with van der Waals surface area (Å²) in [5.41, 5.74) is 1.00. The van der Waals surface area contributed by atoms with Crippen molar-refractivity contribution in [3.8, 4) is 0 Å². The smallest absolute Gasteiger partial charge is 0.335 e. The third-order valence-corrected chi connectivity index (χ3v) is 6.09. The van der Waals surface area contributed by atoms with Crippen LogP contribution in [0.3, 0.4) is 0 Å². The van der Waals surface area contributed by atoms with Crippen molar-refractivity contribution in [3.05, 3.63) is 29.8 Å². The summed E-state index contributed by atoms with van der Waals surface area (Å²) in [5.74, 6) is 1.58. The first-order valence-electron chi connectivity index (χ1n) is 8.65. The average molecular weight is 313 g/mol. The van der Waals surface area contributed by atoms with Crippen molar-refractivity contribution in [1.29, 1.82) is 0 Å². The predicted octanol–water partition coefficient (Wildman–Crippen LogP) is 3.93. The summed E-state index contributed by atoms with van der Waals surface area (Å²) in [5, 5.41) is 12.0. The molecule has 0 spiro atoms. The van der Waals surface area contributed by atoms with Crippen LogP contribution >= 0.6 is 0 Å². The van der Waals surface area contributed by atoms with E-state index in [1.165, 1.54) is 50.7 Å². The number of hydrogen-bond donors (Lipinski definition) is 2. The fourth-order valence-electron chi connectivity index (χ4n) is 5.78. The Kier molecular flexibility index (Phi) is 3.43. The molecule has 4 bridgehead atoms. The van der Waals surface area contributed by atoms with Gasteiger partial charge in [0.1, 0.15) is 0 Å². The fourth-order valence-corrected chi connectivity index (χ4v) is 5.78. The van der Waals surface area contributed by atoms with Gasteiger partial charge in [0.15, 0.2) is 0 Å². The molecule has 122 valence electrons. The van der Waals surface area contributed by atoms with Gasteiger partial charge in [-0.3, -0.25) is 4.79 Å². The Labute approximate surface area is 136 Å². The zero-order chi connectivity index (χ0) is 16.0. The van der Waals surface area contributed by atoms with E-state index < -0.39 is 5.97 Å². The Morgan fingerprint density at radius 2 is 1.70 bits per heavy atom. The van der Waals surface area contributed by atoms with Gasteiger partial charge >= 0.3 is 5.97 Å². The molecule has 4 fully saturated rings. The van der Waals surface area contributed by atoms with Gasteiger partial charge in [0, 0.05) is 12.1 Å². The zero-order valence-corrected chi connectivity index (χ0v) is 13.3. The van der Waals surface area contributed by atoms with E-state index in [9.17, 15) is 9.59 Å². The first kappa shape index (κ1) is 14.7. The van der Waals surface area contributed by atoms with E-state index in [2.05, 4.69) is 5.32 Å². The van der Waals surface area contributed by atoms with Crippen molar-refractivity contribution in [2.24, 2.45) is 23.2 Å². The molecule has 0 unspecified atom stereocenters. The minimum absolute atomic E-state index is 0.0366. The van der Waals surface area contributed by atoms with E-state index >= 15 is 0 Å². The lowest BCUT2D eigenvalue weighted by molar-refractivity contribution is -0.124. The van der Waals surface area contributed by atoms with Gasteiger partial charge in [0.05, 0.1) is 5.56 Å². The maximum absolute atomic E-state index is 12.5. The monoisotopic (exact) mass is 313 g/mol. The van der Waals surface area contributed by atoms with E-state index in [1.807, 2.05) is 0 Å². The van der Waals surface area contributed by atoms with Crippen molar-refractivity contribution in [3.63, 3.8) is 0 Å². The van der Waals surface area contributed by atoms with Gasteiger partial charge in [-0.05, 0) is 79.9 Å². The number of rotatable bonds is 4. The third-order valence-electron chi connectivity index (χ3n) is 6.09. The van der Waals surface area contributed by atoms with Crippen LogP contribution in [0.25, 0.3) is 0 Å². The molecular weight excluding hydrogens is 290 g/mol. The first-order chi connectivity index (χ1) is 11.0. The van der Waals surface area contributed by atoms with Gasteiger partial charge in [-0.1, -0.05) is 6.07 Å². The second-order valence-electron chi connectivity index (χ2n) is 8.03. The zero-order valence-electron chi connectivity index (χ0n) is 13.3. The van der Waals surface area contributed by atoms with Crippen LogP contribution < -0.4 is 5.32 Å². The largest absolute Gasteiger partial charge is 0.478 e. The lowest BCUT2D eigenvalue weighted by Gasteiger charge is -2.56. The number of benzene rings is 1. The molecule has 4 heteroatoms. The van der Waals surface area contributed by atoms with Crippen molar-refractivity contribution >= 4 is 17.6 Å². The number of carboxylic acids is 1. The second kappa shape index (κ2) is 5.36. The molecule has 2 N–H and O–H groups in total. The summed E-state index contributed by atoms with van der Waals surface area (Å²) in [6, 6.07) is 6.49. The molecule has 23 heavy (non-hydrogen) atoms. The summed E-state index contributed by atoms with van der Waals surface area (Å²) >= 11 is 0. The molecule has 0 aromatic heterocycles. The minimum Gasteiger partial charge on any atom is -0.478 e. The van der Waals surface area contributed by atoms with Crippen molar-refractivity contribution in [1.82, 2.24) is 0 Å². The van der Waals surface area contributed by atoms with Crippen LogP contribution in [0.2, 0.25) is 0 Å². The molecule has 0 saturated heterocycles. The maximum Gasteiger partial charge on any atom is 0.335 e. The second-order valence-corrected chi connectivity index (χ2v) is 8.03. The Bertz CT molecular complexity index is 616. The van der Waals surface area contributed by atoms with Gasteiger partial charge in [-0.2, -0.15) is 0 Å². The molecule has 5 rings (SSSR count). The van der Waals surface area contributed by atoms with Crippen LogP contribution in [0.15, 0.2) is 24.3 Å². The summed E-state index contributed by atoms with van der Waals surface area (Å²) in [4.78, 5) is 23.5. The number of amides is 1. The van der Waals surface area contributed by atoms with Gasteiger partial charge in [0.25, 0.3) is 0 Å². The highest BCUT2D eigenvalue weighted by atomic mass is 16.4. The van der Waals surface area contributed by atoms with Crippen molar-refractivity contribution in [2.75, 3.05) is 5.32 Å². The molecule has 1 aromatic rings. The van der Waals surface area contributed by atoms with E-state index in [1.54, 1.807) is 12.1 Å². The Hall–Kier alpha value is -1.84. The normalized spacial score (nSPS) is 34.3. The molecule has 4 nitrogen and oxygen atoms in total. The van der Waals surface area contributed by atoms with E-state index in [-0.39, 0.29) is 16.9 Å². The molecular formula is C19H23NO3. The molecule has 0 radical (unpaired) electrons. The number of aromatic carboxylic acids is 1. The molecule has 0 aliphatic heterocycles. The average Bonchev–Trinajstić information content (AvgIpc) is 2.45. The lowest BCUT2D eigenvalue weighted by atomic mass is 9.49. The maximum atomic E-state index is 12.5. The molecule has 4 saturated carbocycles. The lowest BCUT2D eigenvalue weighted by Crippen LogP contribution is -2.47. The highest BCUT2D eigenvalue weighted by Crippen LogP contribution is 2.61. The van der Waals surface area contributed by atoms with Crippen LogP contribution in [-0.2, 0) is 4.79 Å². The summed E-state index contributed by atoms with van der Waals surface area (Å²) in [6.45, 7) is 0. The molecule has 4 aliphatic carbocycles. The number of nitrogens with one attached hydrogen (secondary N) is 1.